The second-order valence-corrected chi connectivity index (χ2v) is 4.84. The SMILES string of the molecule is N#CC(C(=O)c1cc(O)c(O)c([N+](=O)[O-])c1)c1nccs1. The third kappa shape index (κ3) is 2.65. The van der Waals surface area contributed by atoms with E-state index in [9.17, 15) is 25.1 Å². The summed E-state index contributed by atoms with van der Waals surface area (Å²) in [5.41, 5.74) is -1.06. The molecule has 0 spiro atoms. The first-order valence-corrected chi connectivity index (χ1v) is 6.37. The maximum Gasteiger partial charge on any atom is 0.315 e. The number of nitrogens with zero attached hydrogens (tertiary/aromatic N) is 3. The highest BCUT2D eigenvalue weighted by Gasteiger charge is 2.28. The van der Waals surface area contributed by atoms with Gasteiger partial charge in [0.25, 0.3) is 0 Å². The molecule has 2 aromatic rings. The van der Waals surface area contributed by atoms with Crippen LogP contribution >= 0.6 is 11.3 Å². The molecule has 9 heteroatoms. The van der Waals surface area contributed by atoms with Gasteiger partial charge in [0.1, 0.15) is 5.01 Å². The zero-order chi connectivity index (χ0) is 15.6. The van der Waals surface area contributed by atoms with Crippen molar-refractivity contribution >= 4 is 22.8 Å². The number of aromatic nitrogens is 1. The second kappa shape index (κ2) is 5.56. The Morgan fingerprint density at radius 3 is 2.71 bits per heavy atom. The van der Waals surface area contributed by atoms with Crippen molar-refractivity contribution in [2.45, 2.75) is 5.92 Å². The van der Waals surface area contributed by atoms with E-state index in [0.717, 1.165) is 23.5 Å². The number of hydrogen-bond donors (Lipinski definition) is 2. The number of nitriles is 1. The van der Waals surface area contributed by atoms with Gasteiger partial charge in [0.15, 0.2) is 17.5 Å². The largest absolute Gasteiger partial charge is 0.504 e. The average Bonchev–Trinajstić information content (AvgIpc) is 2.96. The van der Waals surface area contributed by atoms with Gasteiger partial charge in [0, 0.05) is 23.2 Å². The second-order valence-electron chi connectivity index (χ2n) is 3.92. The molecule has 2 rings (SSSR count). The molecule has 0 fully saturated rings. The van der Waals surface area contributed by atoms with Crippen molar-refractivity contribution in [1.29, 1.82) is 5.26 Å². The molecule has 21 heavy (non-hydrogen) atoms. The maximum absolute atomic E-state index is 12.2. The van der Waals surface area contributed by atoms with Crippen LogP contribution in [0.4, 0.5) is 5.69 Å². The third-order valence-corrected chi connectivity index (χ3v) is 3.48. The van der Waals surface area contributed by atoms with Gasteiger partial charge in [-0.25, -0.2) is 4.98 Å². The van der Waals surface area contributed by atoms with E-state index in [4.69, 9.17) is 5.26 Å². The lowest BCUT2D eigenvalue weighted by Gasteiger charge is -2.07. The molecule has 0 amide bonds. The van der Waals surface area contributed by atoms with Crippen LogP contribution in [0, 0.1) is 21.4 Å². The number of carbonyl (C=O) groups is 1. The smallest absolute Gasteiger partial charge is 0.315 e. The van der Waals surface area contributed by atoms with Crippen LogP contribution in [0.2, 0.25) is 0 Å². The quantitative estimate of drug-likeness (QED) is 0.381. The van der Waals surface area contributed by atoms with Gasteiger partial charge < -0.3 is 10.2 Å². The van der Waals surface area contributed by atoms with Gasteiger partial charge in [-0.2, -0.15) is 5.26 Å². The van der Waals surface area contributed by atoms with Gasteiger partial charge in [-0.1, -0.05) is 0 Å². The fraction of sp³-hybridized carbons (Fsp3) is 0.0833. The van der Waals surface area contributed by atoms with E-state index in [0.29, 0.717) is 0 Å². The van der Waals surface area contributed by atoms with Crippen LogP contribution < -0.4 is 0 Å². The Balaban J connectivity index is 2.49. The Hall–Kier alpha value is -2.99. The van der Waals surface area contributed by atoms with Gasteiger partial charge in [-0.3, -0.25) is 14.9 Å². The third-order valence-electron chi connectivity index (χ3n) is 2.64. The molecule has 1 unspecified atom stereocenters. The summed E-state index contributed by atoms with van der Waals surface area (Å²) in [6, 6.07) is 3.46. The van der Waals surface area contributed by atoms with E-state index in [1.165, 1.54) is 6.20 Å². The van der Waals surface area contributed by atoms with Crippen molar-refractivity contribution in [1.82, 2.24) is 4.98 Å². The van der Waals surface area contributed by atoms with Gasteiger partial charge in [-0.05, 0) is 6.07 Å². The number of aromatic hydroxyl groups is 2. The molecule has 8 nitrogen and oxygen atoms in total. The van der Waals surface area contributed by atoms with E-state index in [1.807, 2.05) is 0 Å². The molecule has 0 bridgehead atoms. The van der Waals surface area contributed by atoms with E-state index in [1.54, 1.807) is 11.4 Å². The highest BCUT2D eigenvalue weighted by atomic mass is 32.1. The van der Waals surface area contributed by atoms with Gasteiger partial charge in [-0.15, -0.1) is 11.3 Å². The van der Waals surface area contributed by atoms with Crippen LogP contribution in [0.5, 0.6) is 11.5 Å². The Morgan fingerprint density at radius 2 is 2.19 bits per heavy atom. The number of phenols is 2. The van der Waals surface area contributed by atoms with Crippen molar-refractivity contribution in [2.75, 3.05) is 0 Å². The molecule has 0 saturated heterocycles. The lowest BCUT2D eigenvalue weighted by atomic mass is 9.98. The van der Waals surface area contributed by atoms with Crippen LogP contribution in [0.25, 0.3) is 0 Å². The van der Waals surface area contributed by atoms with Crippen molar-refractivity contribution in [3.8, 4) is 17.6 Å². The highest BCUT2D eigenvalue weighted by Crippen LogP contribution is 2.37. The average molecular weight is 305 g/mol. The van der Waals surface area contributed by atoms with Gasteiger partial charge >= 0.3 is 5.69 Å². The molecular formula is C12H7N3O5S. The minimum Gasteiger partial charge on any atom is -0.504 e. The topological polar surface area (TPSA) is 137 Å². The van der Waals surface area contributed by atoms with Crippen molar-refractivity contribution in [3.63, 3.8) is 0 Å². The molecule has 0 radical (unpaired) electrons. The molecule has 1 heterocycles. The first kappa shape index (κ1) is 14.4. The van der Waals surface area contributed by atoms with Gasteiger partial charge in [0.05, 0.1) is 11.0 Å². The number of rotatable bonds is 4. The predicted molar refractivity (Wildman–Crippen MR) is 71.2 cm³/mol. The summed E-state index contributed by atoms with van der Waals surface area (Å²) in [7, 11) is 0. The Bertz CT molecular complexity index is 751. The molecule has 1 aromatic carbocycles. The number of hydrogen-bond acceptors (Lipinski definition) is 8. The van der Waals surface area contributed by atoms with Crippen molar-refractivity contribution in [2.24, 2.45) is 0 Å². The Morgan fingerprint density at radius 1 is 1.48 bits per heavy atom. The van der Waals surface area contributed by atoms with Crippen LogP contribution in [-0.4, -0.2) is 25.9 Å². The van der Waals surface area contributed by atoms with Crippen molar-refractivity contribution in [3.05, 3.63) is 44.4 Å². The number of benzene rings is 1. The number of nitro groups is 1. The number of ketones is 1. The molecule has 106 valence electrons. The number of Topliss-reactive ketones (excluding diaryl/α,β-unsaturated/α-hetero) is 1. The Labute approximate surface area is 121 Å². The molecule has 1 atom stereocenters. The summed E-state index contributed by atoms with van der Waals surface area (Å²) in [6.45, 7) is 0. The molecular weight excluding hydrogens is 298 g/mol. The first-order valence-electron chi connectivity index (χ1n) is 5.49. The summed E-state index contributed by atoms with van der Waals surface area (Å²) in [6.07, 6.45) is 1.42. The van der Waals surface area contributed by atoms with Crippen LogP contribution in [-0.2, 0) is 0 Å². The molecule has 0 aliphatic carbocycles. The molecule has 0 aliphatic heterocycles. The van der Waals surface area contributed by atoms with E-state index >= 15 is 0 Å². The zero-order valence-corrected chi connectivity index (χ0v) is 11.1. The lowest BCUT2D eigenvalue weighted by Crippen LogP contribution is -2.11. The summed E-state index contributed by atoms with van der Waals surface area (Å²) >= 11 is 1.10. The molecule has 1 aromatic heterocycles. The van der Waals surface area contributed by atoms with E-state index < -0.39 is 33.8 Å². The van der Waals surface area contributed by atoms with E-state index in [-0.39, 0.29) is 10.6 Å². The minimum atomic E-state index is -1.23. The van der Waals surface area contributed by atoms with E-state index in [2.05, 4.69) is 4.98 Å². The van der Waals surface area contributed by atoms with Crippen LogP contribution in [0.1, 0.15) is 21.3 Å². The molecule has 0 saturated carbocycles. The summed E-state index contributed by atoms with van der Waals surface area (Å²) in [5, 5.41) is 40.5. The molecule has 0 aliphatic rings. The fourth-order valence-electron chi connectivity index (χ4n) is 1.66. The van der Waals surface area contributed by atoms with Crippen LogP contribution in [0.3, 0.4) is 0 Å². The fourth-order valence-corrected chi connectivity index (χ4v) is 2.33. The summed E-state index contributed by atoms with van der Waals surface area (Å²) in [4.78, 5) is 25.9. The molecule has 2 N–H and O–H groups in total. The number of carbonyl (C=O) groups excluding carboxylic acids is 1. The Kier molecular flexibility index (Phi) is 3.82. The number of phenolic OH excluding ortho intramolecular Hbond substituents is 2. The zero-order valence-electron chi connectivity index (χ0n) is 10.3. The summed E-state index contributed by atoms with van der Waals surface area (Å²) < 4.78 is 0. The van der Waals surface area contributed by atoms with Gasteiger partial charge in [0.2, 0.25) is 5.75 Å². The summed E-state index contributed by atoms with van der Waals surface area (Å²) in [5.74, 6) is -3.71. The lowest BCUT2D eigenvalue weighted by molar-refractivity contribution is -0.386. The minimum absolute atomic E-state index is 0.248. The standard InChI is InChI=1S/C12H7N3O5S/c13-5-7(12-14-1-2-21-12)10(17)6-3-8(15(19)20)11(18)9(16)4-6/h1-4,7,16,18H. The van der Waals surface area contributed by atoms with Crippen LogP contribution in [0.15, 0.2) is 23.7 Å². The normalized spacial score (nSPS) is 11.6. The maximum atomic E-state index is 12.2. The van der Waals surface area contributed by atoms with Crippen molar-refractivity contribution < 1.29 is 19.9 Å². The predicted octanol–water partition coefficient (Wildman–Crippen LogP) is 1.95. The first-order chi connectivity index (χ1) is 9.95. The highest BCUT2D eigenvalue weighted by molar-refractivity contribution is 7.09. The number of nitro benzene ring substituents is 1. The monoisotopic (exact) mass is 305 g/mol. The number of thiazole rings is 1.